The molecule has 19 heavy (non-hydrogen) atoms. The van der Waals surface area contributed by atoms with Crippen molar-refractivity contribution in [2.75, 3.05) is 13.6 Å². The standard InChI is InChI=1S/C17H33NO/c1-13-6-5-7-15(10-13)18(4)12-14-11-17(2,3)9-8-16(14)19/h13-16,19H,5-12H2,1-4H3. The third-order valence-corrected chi connectivity index (χ3v) is 5.53. The molecule has 2 rings (SSSR count). The van der Waals surface area contributed by atoms with Gasteiger partial charge in [0, 0.05) is 12.6 Å². The fraction of sp³-hybridized carbons (Fsp3) is 1.00. The number of aliphatic hydroxyl groups is 1. The predicted octanol–water partition coefficient (Wildman–Crippen LogP) is 3.68. The Kier molecular flexibility index (Phi) is 4.94. The SMILES string of the molecule is CC1CCCC(N(C)CC2CC(C)(C)CCC2O)C1. The summed E-state index contributed by atoms with van der Waals surface area (Å²) in [6, 6.07) is 0.751. The van der Waals surface area contributed by atoms with Gasteiger partial charge < -0.3 is 10.0 Å². The van der Waals surface area contributed by atoms with E-state index in [0.29, 0.717) is 11.3 Å². The average Bonchev–Trinajstić information content (AvgIpc) is 2.33. The molecule has 0 spiro atoms. The highest BCUT2D eigenvalue weighted by atomic mass is 16.3. The summed E-state index contributed by atoms with van der Waals surface area (Å²) in [7, 11) is 2.27. The van der Waals surface area contributed by atoms with E-state index in [1.54, 1.807) is 0 Å². The molecule has 0 aromatic rings. The first kappa shape index (κ1) is 15.3. The molecule has 0 heterocycles. The van der Waals surface area contributed by atoms with Crippen molar-refractivity contribution < 1.29 is 5.11 Å². The van der Waals surface area contributed by atoms with Crippen LogP contribution in [-0.4, -0.2) is 35.7 Å². The lowest BCUT2D eigenvalue weighted by Crippen LogP contribution is -2.44. The van der Waals surface area contributed by atoms with E-state index in [-0.39, 0.29) is 6.10 Å². The highest BCUT2D eigenvalue weighted by Gasteiger charge is 2.35. The van der Waals surface area contributed by atoms with E-state index in [1.165, 1.54) is 38.5 Å². The first-order valence-corrected chi connectivity index (χ1v) is 8.26. The van der Waals surface area contributed by atoms with E-state index in [9.17, 15) is 5.11 Å². The smallest absolute Gasteiger partial charge is 0.0581 e. The molecule has 0 bridgehead atoms. The zero-order valence-corrected chi connectivity index (χ0v) is 13.4. The number of rotatable bonds is 3. The van der Waals surface area contributed by atoms with Gasteiger partial charge in [-0.3, -0.25) is 0 Å². The van der Waals surface area contributed by atoms with Crippen molar-refractivity contribution in [3.8, 4) is 0 Å². The van der Waals surface area contributed by atoms with Crippen molar-refractivity contribution in [2.24, 2.45) is 17.3 Å². The quantitative estimate of drug-likeness (QED) is 0.843. The van der Waals surface area contributed by atoms with Crippen LogP contribution in [0, 0.1) is 17.3 Å². The summed E-state index contributed by atoms with van der Waals surface area (Å²) in [5.41, 5.74) is 0.421. The van der Waals surface area contributed by atoms with E-state index in [2.05, 4.69) is 32.7 Å². The maximum Gasteiger partial charge on any atom is 0.0581 e. The maximum absolute atomic E-state index is 10.3. The van der Waals surface area contributed by atoms with Gasteiger partial charge in [0.1, 0.15) is 0 Å². The van der Waals surface area contributed by atoms with Crippen molar-refractivity contribution in [1.82, 2.24) is 4.90 Å². The first-order chi connectivity index (χ1) is 8.87. The van der Waals surface area contributed by atoms with Crippen molar-refractivity contribution in [3.63, 3.8) is 0 Å². The normalized spacial score (nSPS) is 39.5. The number of aliphatic hydroxyl groups excluding tert-OH is 1. The minimum atomic E-state index is -0.0727. The second kappa shape index (κ2) is 6.13. The van der Waals surface area contributed by atoms with Gasteiger partial charge in [-0.1, -0.05) is 33.6 Å². The highest BCUT2D eigenvalue weighted by Crippen LogP contribution is 2.39. The number of nitrogens with zero attached hydrogens (tertiary/aromatic N) is 1. The Hall–Kier alpha value is -0.0800. The predicted molar refractivity (Wildman–Crippen MR) is 81.2 cm³/mol. The third-order valence-electron chi connectivity index (χ3n) is 5.53. The van der Waals surface area contributed by atoms with Crippen LogP contribution in [0.5, 0.6) is 0 Å². The molecule has 1 N–H and O–H groups in total. The van der Waals surface area contributed by atoms with E-state index < -0.39 is 0 Å². The summed E-state index contributed by atoms with van der Waals surface area (Å²) >= 11 is 0. The Morgan fingerprint density at radius 1 is 1.21 bits per heavy atom. The first-order valence-electron chi connectivity index (χ1n) is 8.26. The molecule has 2 aliphatic rings. The molecule has 4 unspecified atom stereocenters. The maximum atomic E-state index is 10.3. The second-order valence-corrected chi connectivity index (χ2v) is 8.10. The lowest BCUT2D eigenvalue weighted by atomic mass is 9.70. The fourth-order valence-corrected chi connectivity index (χ4v) is 4.23. The zero-order valence-electron chi connectivity index (χ0n) is 13.4. The van der Waals surface area contributed by atoms with Crippen LogP contribution in [0.3, 0.4) is 0 Å². The second-order valence-electron chi connectivity index (χ2n) is 8.10. The van der Waals surface area contributed by atoms with E-state index >= 15 is 0 Å². The van der Waals surface area contributed by atoms with Gasteiger partial charge in [0.2, 0.25) is 0 Å². The van der Waals surface area contributed by atoms with Gasteiger partial charge in [-0.15, -0.1) is 0 Å². The van der Waals surface area contributed by atoms with Crippen LogP contribution >= 0.6 is 0 Å². The van der Waals surface area contributed by atoms with Gasteiger partial charge in [-0.05, 0) is 56.4 Å². The molecular weight excluding hydrogens is 234 g/mol. The Balaban J connectivity index is 1.88. The Morgan fingerprint density at radius 2 is 1.95 bits per heavy atom. The Labute approximate surface area is 119 Å². The van der Waals surface area contributed by atoms with Crippen LogP contribution < -0.4 is 0 Å². The largest absolute Gasteiger partial charge is 0.393 e. The molecule has 0 radical (unpaired) electrons. The Bertz CT molecular complexity index is 289. The van der Waals surface area contributed by atoms with Crippen molar-refractivity contribution in [2.45, 2.75) is 77.9 Å². The summed E-state index contributed by atoms with van der Waals surface area (Å²) in [6.45, 7) is 8.18. The molecule has 2 nitrogen and oxygen atoms in total. The monoisotopic (exact) mass is 267 g/mol. The molecule has 2 fully saturated rings. The molecule has 0 aliphatic heterocycles. The molecule has 2 heteroatoms. The van der Waals surface area contributed by atoms with E-state index in [4.69, 9.17) is 0 Å². The minimum Gasteiger partial charge on any atom is -0.393 e. The summed E-state index contributed by atoms with van der Waals surface area (Å²) < 4.78 is 0. The molecule has 0 amide bonds. The molecule has 2 saturated carbocycles. The van der Waals surface area contributed by atoms with Crippen molar-refractivity contribution in [3.05, 3.63) is 0 Å². The minimum absolute atomic E-state index is 0.0727. The highest BCUT2D eigenvalue weighted by molar-refractivity contribution is 4.87. The average molecular weight is 267 g/mol. The molecule has 4 atom stereocenters. The summed E-state index contributed by atoms with van der Waals surface area (Å²) in [6.07, 6.45) is 8.77. The summed E-state index contributed by atoms with van der Waals surface area (Å²) in [5.74, 6) is 1.36. The van der Waals surface area contributed by atoms with Crippen LogP contribution in [0.4, 0.5) is 0 Å². The summed E-state index contributed by atoms with van der Waals surface area (Å²) in [5, 5.41) is 10.3. The molecule has 0 aromatic carbocycles. The van der Waals surface area contributed by atoms with Crippen LogP contribution in [-0.2, 0) is 0 Å². The van der Waals surface area contributed by atoms with Crippen LogP contribution in [0.2, 0.25) is 0 Å². The van der Waals surface area contributed by atoms with Gasteiger partial charge >= 0.3 is 0 Å². The molecule has 0 aromatic heterocycles. The van der Waals surface area contributed by atoms with Gasteiger partial charge in [0.15, 0.2) is 0 Å². The molecule has 112 valence electrons. The molecule has 0 saturated heterocycles. The van der Waals surface area contributed by atoms with Crippen molar-refractivity contribution in [1.29, 1.82) is 0 Å². The topological polar surface area (TPSA) is 23.5 Å². The number of hydrogen-bond donors (Lipinski definition) is 1. The zero-order chi connectivity index (χ0) is 14.0. The van der Waals surface area contributed by atoms with Crippen molar-refractivity contribution >= 4 is 0 Å². The number of hydrogen-bond acceptors (Lipinski definition) is 2. The van der Waals surface area contributed by atoms with Gasteiger partial charge in [0.25, 0.3) is 0 Å². The third kappa shape index (κ3) is 4.19. The van der Waals surface area contributed by atoms with Crippen LogP contribution in [0.1, 0.15) is 65.7 Å². The summed E-state index contributed by atoms with van der Waals surface area (Å²) in [4.78, 5) is 2.55. The Morgan fingerprint density at radius 3 is 2.63 bits per heavy atom. The van der Waals surface area contributed by atoms with E-state index in [0.717, 1.165) is 24.9 Å². The van der Waals surface area contributed by atoms with Crippen LogP contribution in [0.15, 0.2) is 0 Å². The molecular formula is C17H33NO. The van der Waals surface area contributed by atoms with Gasteiger partial charge in [0.05, 0.1) is 6.10 Å². The van der Waals surface area contributed by atoms with Gasteiger partial charge in [-0.25, -0.2) is 0 Å². The van der Waals surface area contributed by atoms with E-state index in [1.807, 2.05) is 0 Å². The fourth-order valence-electron chi connectivity index (χ4n) is 4.23. The lowest BCUT2D eigenvalue weighted by molar-refractivity contribution is -0.00184. The molecule has 2 aliphatic carbocycles. The van der Waals surface area contributed by atoms with Gasteiger partial charge in [-0.2, -0.15) is 0 Å². The van der Waals surface area contributed by atoms with Crippen LogP contribution in [0.25, 0.3) is 0 Å². The lowest BCUT2D eigenvalue weighted by Gasteiger charge is -2.42.